The number of hydrogen-bond donors (Lipinski definition) is 1. The third-order valence-corrected chi connectivity index (χ3v) is 3.70. The van der Waals surface area contributed by atoms with Crippen LogP contribution in [-0.2, 0) is 19.1 Å². The van der Waals surface area contributed by atoms with Crippen molar-refractivity contribution in [3.05, 3.63) is 0 Å². The van der Waals surface area contributed by atoms with Crippen LogP contribution >= 0.6 is 0 Å². The van der Waals surface area contributed by atoms with E-state index >= 15 is 0 Å². The lowest BCUT2D eigenvalue weighted by Crippen LogP contribution is -2.23. The first kappa shape index (κ1) is 19.8. The van der Waals surface area contributed by atoms with Crippen molar-refractivity contribution in [2.45, 2.75) is 58.8 Å². The van der Waals surface area contributed by atoms with Crippen LogP contribution in [0.4, 0.5) is 0 Å². The van der Waals surface area contributed by atoms with Gasteiger partial charge in [-0.25, -0.2) is 0 Å². The van der Waals surface area contributed by atoms with Crippen molar-refractivity contribution < 1.29 is 19.1 Å². The Hall–Kier alpha value is -1.23. The van der Waals surface area contributed by atoms with Gasteiger partial charge in [0.25, 0.3) is 0 Å². The van der Waals surface area contributed by atoms with E-state index in [4.69, 9.17) is 10.5 Å². The van der Waals surface area contributed by atoms with E-state index in [0.717, 1.165) is 25.7 Å². The minimum atomic E-state index is -0.414. The lowest BCUT2D eigenvalue weighted by Gasteiger charge is -2.16. The number of hydrogen-bond acceptors (Lipinski definition) is 5. The van der Waals surface area contributed by atoms with Gasteiger partial charge in [-0.1, -0.05) is 19.8 Å². The first-order valence-corrected chi connectivity index (χ1v) is 7.76. The van der Waals surface area contributed by atoms with Gasteiger partial charge in [-0.15, -0.1) is 0 Å². The Morgan fingerprint density at radius 1 is 1.05 bits per heavy atom. The van der Waals surface area contributed by atoms with Crippen LogP contribution in [0.1, 0.15) is 58.8 Å². The summed E-state index contributed by atoms with van der Waals surface area (Å²) in [6, 6.07) is 0. The zero-order valence-corrected chi connectivity index (χ0v) is 13.5. The molecule has 0 aromatic carbocycles. The van der Waals surface area contributed by atoms with Crippen LogP contribution in [0.2, 0.25) is 0 Å². The van der Waals surface area contributed by atoms with Crippen LogP contribution < -0.4 is 5.73 Å². The Kier molecular flexibility index (Phi) is 10.8. The highest BCUT2D eigenvalue weighted by Gasteiger charge is 2.25. The number of ether oxygens (including phenoxy) is 1. The number of methoxy groups -OCH3 is 1. The molecular weight excluding hydrogens is 270 g/mol. The molecule has 0 radical (unpaired) electrons. The summed E-state index contributed by atoms with van der Waals surface area (Å²) in [5, 5.41) is 0. The fraction of sp³-hybridized carbons (Fsp3) is 0.812. The summed E-state index contributed by atoms with van der Waals surface area (Å²) in [7, 11) is 1.33. The van der Waals surface area contributed by atoms with E-state index in [0.29, 0.717) is 13.0 Å². The molecule has 5 nitrogen and oxygen atoms in total. The molecule has 2 N–H and O–H groups in total. The Morgan fingerprint density at radius 3 is 2.14 bits per heavy atom. The highest BCUT2D eigenvalue weighted by atomic mass is 16.5. The van der Waals surface area contributed by atoms with Crippen LogP contribution in [-0.4, -0.2) is 31.2 Å². The number of carbonyl (C=O) groups excluding carboxylic acids is 3. The van der Waals surface area contributed by atoms with Gasteiger partial charge in [0, 0.05) is 18.8 Å². The van der Waals surface area contributed by atoms with Crippen molar-refractivity contribution in [2.75, 3.05) is 13.7 Å². The summed E-state index contributed by atoms with van der Waals surface area (Å²) >= 11 is 0. The van der Waals surface area contributed by atoms with Gasteiger partial charge in [0.15, 0.2) is 0 Å². The quantitative estimate of drug-likeness (QED) is 0.441. The molecule has 0 saturated carbocycles. The summed E-state index contributed by atoms with van der Waals surface area (Å²) in [6.07, 6.45) is 4.21. The predicted octanol–water partition coefficient (Wildman–Crippen LogP) is 2.26. The SMILES string of the molecule is CCC[C@H](CC(=O)C[C@@H](CCCCN)C(=O)OC)C(C)=O. The molecule has 0 aliphatic carbocycles. The van der Waals surface area contributed by atoms with Gasteiger partial charge in [-0.2, -0.15) is 0 Å². The summed E-state index contributed by atoms with van der Waals surface area (Å²) in [6.45, 7) is 4.09. The van der Waals surface area contributed by atoms with E-state index in [2.05, 4.69) is 0 Å². The fourth-order valence-electron chi connectivity index (χ4n) is 2.44. The monoisotopic (exact) mass is 299 g/mol. The lowest BCUT2D eigenvalue weighted by atomic mass is 9.88. The summed E-state index contributed by atoms with van der Waals surface area (Å²) in [5.41, 5.74) is 5.44. The molecule has 0 aliphatic heterocycles. The second-order valence-electron chi connectivity index (χ2n) is 5.55. The topological polar surface area (TPSA) is 86.5 Å². The first-order valence-electron chi connectivity index (χ1n) is 7.76. The molecule has 0 aromatic rings. The Morgan fingerprint density at radius 2 is 1.67 bits per heavy atom. The molecule has 0 heterocycles. The third-order valence-electron chi connectivity index (χ3n) is 3.70. The maximum atomic E-state index is 12.1. The van der Waals surface area contributed by atoms with Crippen molar-refractivity contribution in [1.29, 1.82) is 0 Å². The largest absolute Gasteiger partial charge is 0.469 e. The van der Waals surface area contributed by atoms with E-state index in [1.165, 1.54) is 14.0 Å². The van der Waals surface area contributed by atoms with Gasteiger partial charge in [-0.3, -0.25) is 14.4 Å². The van der Waals surface area contributed by atoms with Gasteiger partial charge in [0.2, 0.25) is 0 Å². The minimum absolute atomic E-state index is 0.0354. The molecule has 0 aromatic heterocycles. The van der Waals surface area contributed by atoms with Gasteiger partial charge in [-0.05, 0) is 32.7 Å². The normalized spacial score (nSPS) is 13.5. The number of Topliss-reactive ketones (excluding diaryl/α,β-unsaturated/α-hetero) is 2. The summed E-state index contributed by atoms with van der Waals surface area (Å²) < 4.78 is 4.75. The Balaban J connectivity index is 4.49. The standard InChI is InChI=1S/C16H29NO4/c1-4-7-13(12(2)18)10-15(19)11-14(16(20)21-3)8-5-6-9-17/h13-14H,4-11,17H2,1-3H3/t13-,14-/m1/s1. The zero-order chi connectivity index (χ0) is 16.3. The molecule has 0 bridgehead atoms. The highest BCUT2D eigenvalue weighted by Crippen LogP contribution is 2.20. The molecule has 122 valence electrons. The minimum Gasteiger partial charge on any atom is -0.469 e. The van der Waals surface area contributed by atoms with E-state index in [-0.39, 0.29) is 36.3 Å². The fourth-order valence-corrected chi connectivity index (χ4v) is 2.44. The molecule has 0 spiro atoms. The Bertz CT molecular complexity index is 341. The van der Waals surface area contributed by atoms with Crippen LogP contribution in [0.25, 0.3) is 0 Å². The number of nitrogens with two attached hydrogens (primary N) is 1. The number of unbranched alkanes of at least 4 members (excludes halogenated alkanes) is 1. The van der Waals surface area contributed by atoms with Crippen LogP contribution in [0, 0.1) is 11.8 Å². The van der Waals surface area contributed by atoms with E-state index in [1.807, 2.05) is 6.92 Å². The second kappa shape index (κ2) is 11.4. The molecule has 0 unspecified atom stereocenters. The number of ketones is 2. The molecule has 2 atom stereocenters. The van der Waals surface area contributed by atoms with E-state index < -0.39 is 5.92 Å². The average Bonchev–Trinajstić information content (AvgIpc) is 2.45. The molecule has 0 saturated heterocycles. The zero-order valence-electron chi connectivity index (χ0n) is 13.5. The predicted molar refractivity (Wildman–Crippen MR) is 81.7 cm³/mol. The third kappa shape index (κ3) is 8.60. The van der Waals surface area contributed by atoms with E-state index in [1.54, 1.807) is 0 Å². The van der Waals surface area contributed by atoms with Crippen LogP contribution in [0.3, 0.4) is 0 Å². The number of carbonyl (C=O) groups is 3. The van der Waals surface area contributed by atoms with Crippen molar-refractivity contribution in [3.63, 3.8) is 0 Å². The Labute approximate surface area is 127 Å². The smallest absolute Gasteiger partial charge is 0.309 e. The van der Waals surface area contributed by atoms with Crippen molar-refractivity contribution in [2.24, 2.45) is 17.6 Å². The number of rotatable bonds is 12. The highest BCUT2D eigenvalue weighted by molar-refractivity contribution is 5.89. The van der Waals surface area contributed by atoms with Gasteiger partial charge in [0.05, 0.1) is 13.0 Å². The molecule has 0 aliphatic rings. The molecule has 21 heavy (non-hydrogen) atoms. The molecule has 0 amide bonds. The lowest BCUT2D eigenvalue weighted by molar-refractivity contribution is -0.147. The van der Waals surface area contributed by atoms with Crippen molar-refractivity contribution in [1.82, 2.24) is 0 Å². The van der Waals surface area contributed by atoms with Gasteiger partial charge in [0.1, 0.15) is 11.6 Å². The maximum absolute atomic E-state index is 12.1. The molecule has 0 rings (SSSR count). The number of esters is 1. The second-order valence-corrected chi connectivity index (χ2v) is 5.55. The summed E-state index contributed by atoms with van der Waals surface area (Å²) in [5.74, 6) is -0.974. The van der Waals surface area contributed by atoms with Crippen LogP contribution in [0.5, 0.6) is 0 Å². The average molecular weight is 299 g/mol. The van der Waals surface area contributed by atoms with Crippen molar-refractivity contribution in [3.8, 4) is 0 Å². The molecule has 0 fully saturated rings. The van der Waals surface area contributed by atoms with Gasteiger partial charge < -0.3 is 10.5 Å². The molecule has 5 heteroatoms. The summed E-state index contributed by atoms with van der Waals surface area (Å²) in [4.78, 5) is 35.3. The van der Waals surface area contributed by atoms with E-state index in [9.17, 15) is 14.4 Å². The first-order chi connectivity index (χ1) is 9.96. The van der Waals surface area contributed by atoms with Gasteiger partial charge >= 0.3 is 5.97 Å². The van der Waals surface area contributed by atoms with Crippen LogP contribution in [0.15, 0.2) is 0 Å². The molecular formula is C16H29NO4. The maximum Gasteiger partial charge on any atom is 0.309 e. The van der Waals surface area contributed by atoms with Crippen molar-refractivity contribution >= 4 is 17.5 Å².